The Balaban J connectivity index is 1.55. The summed E-state index contributed by atoms with van der Waals surface area (Å²) in [5, 5.41) is 2.19. The Morgan fingerprint density at radius 3 is 2.48 bits per heavy atom. The van der Waals surface area contributed by atoms with Gasteiger partial charge < -0.3 is 33.7 Å². The molecule has 9 atom stereocenters. The SMILES string of the molecule is CO[C@@]12OC(C)(C)O[C@@H]1[C@H]1[C@@H](NC(=O)[C@@H]3C[C@@]4(Cl)C=C[C@@]13O4)[C@@H]1OC(C)(C)O[C@@H]12. The van der Waals surface area contributed by atoms with Gasteiger partial charge in [-0.2, -0.15) is 0 Å². The van der Waals surface area contributed by atoms with Crippen molar-refractivity contribution in [2.45, 2.75) is 86.5 Å². The molecular weight excluding hydrogens is 402 g/mol. The summed E-state index contributed by atoms with van der Waals surface area (Å²) in [6, 6.07) is -0.405. The molecule has 1 aliphatic carbocycles. The molecule has 160 valence electrons. The van der Waals surface area contributed by atoms with E-state index in [2.05, 4.69) is 5.32 Å². The van der Waals surface area contributed by atoms with Crippen molar-refractivity contribution in [2.75, 3.05) is 7.11 Å². The molecule has 4 saturated heterocycles. The number of nitrogens with one attached hydrogen (secondary N) is 1. The molecule has 0 aromatic rings. The second-order valence-electron chi connectivity index (χ2n) is 9.88. The molecule has 1 amide bonds. The van der Waals surface area contributed by atoms with Crippen LogP contribution in [0.3, 0.4) is 0 Å². The molecule has 5 aliphatic heterocycles. The first-order valence-corrected chi connectivity index (χ1v) is 10.5. The van der Waals surface area contributed by atoms with E-state index in [1.807, 2.05) is 39.8 Å². The average molecular weight is 428 g/mol. The van der Waals surface area contributed by atoms with E-state index in [9.17, 15) is 4.79 Å². The molecule has 0 unspecified atom stereocenters. The van der Waals surface area contributed by atoms with Crippen molar-refractivity contribution in [1.29, 1.82) is 0 Å². The minimum Gasteiger partial charge on any atom is -0.350 e. The Hall–Kier alpha value is -0.740. The van der Waals surface area contributed by atoms with E-state index in [0.717, 1.165) is 0 Å². The number of ether oxygens (including phenoxy) is 6. The lowest BCUT2D eigenvalue weighted by atomic mass is 9.60. The highest BCUT2D eigenvalue weighted by Crippen LogP contribution is 2.64. The zero-order valence-corrected chi connectivity index (χ0v) is 17.8. The number of rotatable bonds is 1. The van der Waals surface area contributed by atoms with Gasteiger partial charge in [-0.1, -0.05) is 17.7 Å². The fourth-order valence-electron chi connectivity index (χ4n) is 6.44. The number of alkyl halides is 1. The molecule has 1 spiro atoms. The maximum absolute atomic E-state index is 13.1. The highest BCUT2D eigenvalue weighted by atomic mass is 35.5. The summed E-state index contributed by atoms with van der Waals surface area (Å²) in [7, 11) is 1.59. The zero-order valence-electron chi connectivity index (χ0n) is 17.1. The second-order valence-corrected chi connectivity index (χ2v) is 10.5. The van der Waals surface area contributed by atoms with E-state index in [-0.39, 0.29) is 11.8 Å². The number of halogens is 1. The first-order chi connectivity index (χ1) is 13.4. The van der Waals surface area contributed by atoms with E-state index < -0.39 is 58.3 Å². The number of fused-ring (bicyclic) bond motifs is 7. The van der Waals surface area contributed by atoms with Gasteiger partial charge in [0.25, 0.3) is 0 Å². The van der Waals surface area contributed by atoms with Crippen LogP contribution in [0.2, 0.25) is 0 Å². The summed E-state index contributed by atoms with van der Waals surface area (Å²) in [6.07, 6.45) is 2.55. The van der Waals surface area contributed by atoms with Crippen LogP contribution in [0, 0.1) is 11.8 Å². The molecule has 1 saturated carbocycles. The van der Waals surface area contributed by atoms with Gasteiger partial charge in [-0.3, -0.25) is 4.79 Å². The summed E-state index contributed by atoms with van der Waals surface area (Å²) in [4.78, 5) is 13.1. The molecule has 6 aliphatic rings. The van der Waals surface area contributed by atoms with Crippen molar-refractivity contribution in [3.8, 4) is 0 Å². The maximum atomic E-state index is 13.1. The second kappa shape index (κ2) is 5.18. The third kappa shape index (κ3) is 2.18. The van der Waals surface area contributed by atoms with Crippen LogP contribution in [0.5, 0.6) is 0 Å². The lowest BCUT2D eigenvalue weighted by Crippen LogP contribution is -2.78. The fraction of sp³-hybridized carbons (Fsp3) is 0.850. The number of carbonyl (C=O) groups is 1. The molecular formula is C20H26ClNO7. The number of piperidine rings is 1. The standard InChI is InChI=1S/C20H26ClNO7/c1-16(2)25-12-11-10(13-20(24-5,14(12)27-16)28-17(3,4)26-13)19-7-6-18(21,29-19)8-9(19)15(23)22-11/h6-7,9-14H,8H2,1-5H3,(H,22,23)/t9-,10+,11+,12-,13+,14-,18+,19-,20+/m0/s1. The fourth-order valence-corrected chi connectivity index (χ4v) is 6.79. The minimum absolute atomic E-state index is 0.0896. The Kier molecular flexibility index (Phi) is 3.39. The van der Waals surface area contributed by atoms with E-state index in [4.69, 9.17) is 40.0 Å². The molecule has 9 heteroatoms. The molecule has 8 nitrogen and oxygen atoms in total. The van der Waals surface area contributed by atoms with Crippen molar-refractivity contribution in [3.05, 3.63) is 12.2 Å². The Morgan fingerprint density at radius 1 is 1.07 bits per heavy atom. The number of hydrogen-bond acceptors (Lipinski definition) is 7. The van der Waals surface area contributed by atoms with Crippen molar-refractivity contribution in [3.63, 3.8) is 0 Å². The van der Waals surface area contributed by atoms with Crippen LogP contribution in [-0.4, -0.2) is 65.4 Å². The van der Waals surface area contributed by atoms with Crippen LogP contribution >= 0.6 is 11.6 Å². The number of hydrogen-bond donors (Lipinski definition) is 1. The molecule has 5 fully saturated rings. The Labute approximate surface area is 174 Å². The predicted octanol–water partition coefficient (Wildman–Crippen LogP) is 1.41. The van der Waals surface area contributed by atoms with E-state index in [1.165, 1.54) is 0 Å². The van der Waals surface area contributed by atoms with Crippen molar-refractivity contribution < 1.29 is 33.2 Å². The summed E-state index contributed by atoms with van der Waals surface area (Å²) in [5.41, 5.74) is -0.909. The first-order valence-electron chi connectivity index (χ1n) is 10.1. The normalized spacial score (nSPS) is 57.8. The molecule has 1 N–H and O–H groups in total. The van der Waals surface area contributed by atoms with Crippen LogP contribution in [0.1, 0.15) is 34.1 Å². The van der Waals surface area contributed by atoms with E-state index in [1.54, 1.807) is 7.11 Å². The molecule has 2 bridgehead atoms. The van der Waals surface area contributed by atoms with Crippen LogP contribution < -0.4 is 5.32 Å². The van der Waals surface area contributed by atoms with Gasteiger partial charge in [0.1, 0.15) is 23.9 Å². The highest BCUT2D eigenvalue weighted by Gasteiger charge is 2.79. The molecule has 0 aromatic heterocycles. The quantitative estimate of drug-likeness (QED) is 0.500. The van der Waals surface area contributed by atoms with Gasteiger partial charge in [-0.05, 0) is 33.8 Å². The third-order valence-electron chi connectivity index (χ3n) is 7.24. The average Bonchev–Trinajstić information content (AvgIpc) is 3.29. The zero-order chi connectivity index (χ0) is 20.6. The molecule has 29 heavy (non-hydrogen) atoms. The predicted molar refractivity (Wildman–Crippen MR) is 98.7 cm³/mol. The Bertz CT molecular complexity index is 832. The van der Waals surface area contributed by atoms with Crippen molar-refractivity contribution in [2.24, 2.45) is 11.8 Å². The Morgan fingerprint density at radius 2 is 1.79 bits per heavy atom. The summed E-state index contributed by atoms with van der Waals surface area (Å²) in [6.45, 7) is 7.38. The van der Waals surface area contributed by atoms with Crippen molar-refractivity contribution in [1.82, 2.24) is 5.32 Å². The van der Waals surface area contributed by atoms with Gasteiger partial charge >= 0.3 is 0 Å². The molecule has 0 aromatic carbocycles. The first kappa shape index (κ1) is 19.0. The lowest BCUT2D eigenvalue weighted by Gasteiger charge is -2.56. The van der Waals surface area contributed by atoms with Gasteiger partial charge in [-0.25, -0.2) is 0 Å². The summed E-state index contributed by atoms with van der Waals surface area (Å²) < 4.78 is 37.7. The lowest BCUT2D eigenvalue weighted by molar-refractivity contribution is -0.313. The van der Waals surface area contributed by atoms with E-state index >= 15 is 0 Å². The molecule has 0 radical (unpaired) electrons. The smallest absolute Gasteiger partial charge is 0.227 e. The van der Waals surface area contributed by atoms with Gasteiger partial charge in [0.2, 0.25) is 11.7 Å². The van der Waals surface area contributed by atoms with Crippen LogP contribution in [0.25, 0.3) is 0 Å². The number of carbonyl (C=O) groups excluding carboxylic acids is 1. The third-order valence-corrected chi connectivity index (χ3v) is 7.59. The number of amides is 1. The topological polar surface area (TPSA) is 84.5 Å². The molecule has 5 heterocycles. The van der Waals surface area contributed by atoms with E-state index in [0.29, 0.717) is 6.42 Å². The van der Waals surface area contributed by atoms with Crippen molar-refractivity contribution >= 4 is 17.5 Å². The van der Waals surface area contributed by atoms with Crippen LogP contribution in [0.15, 0.2) is 12.2 Å². The number of methoxy groups -OCH3 is 1. The summed E-state index contributed by atoms with van der Waals surface area (Å²) >= 11 is 6.64. The van der Waals surface area contributed by atoms with Gasteiger partial charge in [0.05, 0.1) is 12.0 Å². The molecule has 6 rings (SSSR count). The largest absolute Gasteiger partial charge is 0.350 e. The van der Waals surface area contributed by atoms with Crippen LogP contribution in [-0.2, 0) is 33.2 Å². The van der Waals surface area contributed by atoms with Gasteiger partial charge in [0, 0.05) is 19.4 Å². The highest BCUT2D eigenvalue weighted by molar-refractivity contribution is 6.25. The minimum atomic E-state index is -1.21. The van der Waals surface area contributed by atoms with Gasteiger partial charge in [-0.15, -0.1) is 0 Å². The maximum Gasteiger partial charge on any atom is 0.227 e. The van der Waals surface area contributed by atoms with Crippen LogP contribution in [0.4, 0.5) is 0 Å². The monoisotopic (exact) mass is 427 g/mol. The summed E-state index contributed by atoms with van der Waals surface area (Å²) in [5.74, 6) is -3.82. The van der Waals surface area contributed by atoms with Gasteiger partial charge in [0.15, 0.2) is 16.6 Å².